The van der Waals surface area contributed by atoms with Crippen LogP contribution in [0, 0.1) is 0 Å². The van der Waals surface area contributed by atoms with Crippen molar-refractivity contribution in [3.8, 4) is 0 Å². The fourth-order valence-corrected chi connectivity index (χ4v) is 11.7. The van der Waals surface area contributed by atoms with E-state index in [4.69, 9.17) is 18.1 Å². The number of thioether (sulfide) groups is 3. The van der Waals surface area contributed by atoms with Crippen LogP contribution in [0.5, 0.6) is 0 Å². The first-order chi connectivity index (χ1) is 12.4. The highest BCUT2D eigenvalue weighted by Gasteiger charge is 2.39. The molecule has 6 nitrogen and oxygen atoms in total. The summed E-state index contributed by atoms with van der Waals surface area (Å²) in [6.07, 6.45) is 3.76. The monoisotopic (exact) mass is 485 g/mol. The van der Waals surface area contributed by atoms with Crippen LogP contribution in [-0.2, 0) is 38.6 Å². The molecule has 0 aromatic rings. The van der Waals surface area contributed by atoms with Gasteiger partial charge in [-0.05, 0) is 34.0 Å². The Labute approximate surface area is 175 Å². The van der Waals surface area contributed by atoms with Crippen molar-refractivity contribution in [2.75, 3.05) is 50.4 Å². The van der Waals surface area contributed by atoms with Gasteiger partial charge in [0.15, 0.2) is 21.9 Å². The van der Waals surface area contributed by atoms with Crippen LogP contribution in [-0.4, -0.2) is 58.7 Å². The maximum atomic E-state index is 12.9. The van der Waals surface area contributed by atoms with E-state index in [0.29, 0.717) is 41.9 Å². The van der Waals surface area contributed by atoms with E-state index in [1.54, 1.807) is 13.8 Å². The molecule has 0 rings (SSSR count). The molecule has 0 aromatic carbocycles. The molecule has 0 spiro atoms. The van der Waals surface area contributed by atoms with Crippen molar-refractivity contribution < 1.29 is 27.2 Å². The van der Waals surface area contributed by atoms with Crippen LogP contribution in [0.2, 0.25) is 0 Å². The third kappa shape index (κ3) is 9.29. The first-order valence-electron chi connectivity index (χ1n) is 8.33. The van der Waals surface area contributed by atoms with Crippen molar-refractivity contribution in [1.82, 2.24) is 0 Å². The zero-order chi connectivity index (χ0) is 20.1. The van der Waals surface area contributed by atoms with Gasteiger partial charge in [0.05, 0.1) is 26.4 Å². The summed E-state index contributed by atoms with van der Waals surface area (Å²) < 4.78 is 47.7. The summed E-state index contributed by atoms with van der Waals surface area (Å²) in [5, 5.41) is 0. The smallest absolute Gasteiger partial charge is 0.308 e. The summed E-state index contributed by atoms with van der Waals surface area (Å²) in [4.78, 5) is 0. The third-order valence-electron chi connectivity index (χ3n) is 2.64. The normalized spacial score (nSPS) is 14.6. The lowest BCUT2D eigenvalue weighted by molar-refractivity contribution is 0.222. The van der Waals surface area contributed by atoms with Gasteiger partial charge in [-0.1, -0.05) is 11.8 Å². The maximum absolute atomic E-state index is 12.9. The highest BCUT2D eigenvalue weighted by atomic mass is 32.2. The minimum atomic E-state index is -3.23. The van der Waals surface area contributed by atoms with Crippen molar-refractivity contribution in [1.29, 1.82) is 0 Å². The summed E-state index contributed by atoms with van der Waals surface area (Å²) in [6, 6.07) is 0. The summed E-state index contributed by atoms with van der Waals surface area (Å²) >= 11 is 5.86. The van der Waals surface area contributed by atoms with Crippen molar-refractivity contribution in [3.05, 3.63) is 0 Å². The van der Waals surface area contributed by atoms with Crippen LogP contribution in [0.4, 0.5) is 0 Å². The predicted octanol–water partition coefficient (Wildman–Crippen LogP) is 5.43. The van der Waals surface area contributed by atoms with Crippen molar-refractivity contribution in [3.63, 3.8) is 0 Å². The Balaban J connectivity index is 4.77. The van der Waals surface area contributed by atoms with Gasteiger partial charge in [-0.15, -0.1) is 23.5 Å². The zero-order valence-corrected chi connectivity index (χ0v) is 21.4. The lowest BCUT2D eigenvalue weighted by Gasteiger charge is -2.24. The lowest BCUT2D eigenvalue weighted by atomic mass is 10.9. The van der Waals surface area contributed by atoms with E-state index in [0.717, 1.165) is 0 Å². The van der Waals surface area contributed by atoms with Crippen LogP contribution < -0.4 is 0 Å². The highest BCUT2D eigenvalue weighted by Crippen LogP contribution is 2.61. The molecule has 1 atom stereocenters. The van der Waals surface area contributed by atoms with E-state index >= 15 is 0 Å². The second kappa shape index (κ2) is 15.3. The van der Waals surface area contributed by atoms with E-state index in [-0.39, 0.29) is 4.32 Å². The second-order valence-electron chi connectivity index (χ2n) is 4.44. The average Bonchev–Trinajstić information content (AvgIpc) is 2.58. The quantitative estimate of drug-likeness (QED) is 0.0992. The molecule has 0 amide bonds. The highest BCUT2D eigenvalue weighted by molar-refractivity contribution is 8.35. The van der Waals surface area contributed by atoms with Gasteiger partial charge in [0.1, 0.15) is 0 Å². The first-order valence-corrected chi connectivity index (χ1v) is 16.0. The molecule has 0 aliphatic rings. The molecule has 12 heteroatoms. The Kier molecular flexibility index (Phi) is 16.2. The number of hydrogen-bond acceptors (Lipinski definition) is 9. The van der Waals surface area contributed by atoms with Gasteiger partial charge in [0.2, 0.25) is 0 Å². The van der Waals surface area contributed by atoms with Gasteiger partial charge >= 0.3 is 19.1 Å². The van der Waals surface area contributed by atoms with Crippen LogP contribution >= 0.6 is 50.5 Å². The number of rotatable bonds is 15. The molecule has 0 saturated heterocycles. The Morgan fingerprint density at radius 3 is 1.81 bits per heavy atom. The largest absolute Gasteiger partial charge is 0.424 e. The Morgan fingerprint density at radius 1 is 0.923 bits per heavy atom. The van der Waals surface area contributed by atoms with Crippen molar-refractivity contribution >= 4 is 65.8 Å². The van der Waals surface area contributed by atoms with Gasteiger partial charge in [0, 0.05) is 11.5 Å². The molecule has 0 bridgehead atoms. The molecular weight excluding hydrogens is 454 g/mol. The maximum Gasteiger partial charge on any atom is 0.424 e. The molecule has 0 radical (unpaired) electrons. The summed E-state index contributed by atoms with van der Waals surface area (Å²) in [5.74, 6) is 1.41. The Bertz CT molecular complexity index is 486. The summed E-state index contributed by atoms with van der Waals surface area (Å²) in [7, 11) is -6.38. The molecule has 0 aliphatic heterocycles. The predicted molar refractivity (Wildman–Crippen MR) is 122 cm³/mol. The lowest BCUT2D eigenvalue weighted by Crippen LogP contribution is -2.09. The van der Waals surface area contributed by atoms with Crippen LogP contribution in [0.15, 0.2) is 0 Å². The van der Waals surface area contributed by atoms with Gasteiger partial charge in [-0.25, -0.2) is 4.57 Å². The van der Waals surface area contributed by atoms with E-state index < -0.39 is 15.2 Å². The van der Waals surface area contributed by atoms with Gasteiger partial charge < -0.3 is 18.1 Å². The zero-order valence-electron chi connectivity index (χ0n) is 16.3. The topological polar surface area (TPSA) is 71.1 Å². The van der Waals surface area contributed by atoms with Crippen molar-refractivity contribution in [2.45, 2.75) is 32.0 Å². The van der Waals surface area contributed by atoms with E-state index in [1.807, 2.05) is 26.4 Å². The first kappa shape index (κ1) is 27.4. The Morgan fingerprint density at radius 2 is 1.42 bits per heavy atom. The van der Waals surface area contributed by atoms with E-state index in [1.165, 1.54) is 46.6 Å². The SMILES string of the molecule is CCOP(=O)(OCC)C(SCCSC(SC)P(=O)(OCC)OCC)=[S+]C. The second-order valence-corrected chi connectivity index (χ2v) is 14.4. The van der Waals surface area contributed by atoms with E-state index in [9.17, 15) is 9.13 Å². The molecule has 0 saturated carbocycles. The van der Waals surface area contributed by atoms with Crippen molar-refractivity contribution in [2.24, 2.45) is 0 Å². The van der Waals surface area contributed by atoms with Crippen LogP contribution in [0.25, 0.3) is 0 Å². The molecule has 156 valence electrons. The minimum absolute atomic E-state index is 0.286. The Hall–Kier alpha value is 1.44. The third-order valence-corrected chi connectivity index (χ3v) is 15.2. The van der Waals surface area contributed by atoms with Crippen LogP contribution in [0.3, 0.4) is 0 Å². The number of hydrogen-bond donors (Lipinski definition) is 0. The fourth-order valence-electron chi connectivity index (χ4n) is 1.82. The molecule has 0 aliphatic carbocycles. The molecule has 1 unspecified atom stereocenters. The molecule has 0 aromatic heterocycles. The molecule has 0 N–H and O–H groups in total. The molecule has 0 heterocycles. The van der Waals surface area contributed by atoms with Crippen LogP contribution in [0.1, 0.15) is 27.7 Å². The minimum Gasteiger partial charge on any atom is -0.308 e. The fraction of sp³-hybridized carbons (Fsp3) is 0.929. The molecule has 0 fully saturated rings. The van der Waals surface area contributed by atoms with Gasteiger partial charge in [0.25, 0.3) is 0 Å². The average molecular weight is 486 g/mol. The van der Waals surface area contributed by atoms with Gasteiger partial charge in [-0.3, -0.25) is 4.57 Å². The standard InChI is InChI=1S/C14H31O6P2S4/c1-7-17-21(15,18-8-2)13(23-5)25-11-12-26-14(24-6)22(16,19-9-3)20-10-4/h13H,7-12H2,1-6H3/q+1. The van der Waals surface area contributed by atoms with E-state index in [2.05, 4.69) is 0 Å². The van der Waals surface area contributed by atoms with Gasteiger partial charge in [-0.2, -0.15) is 0 Å². The summed E-state index contributed by atoms with van der Waals surface area (Å²) in [6.45, 7) is 8.57. The molecular formula is C14H31O6P2S4+. The summed E-state index contributed by atoms with van der Waals surface area (Å²) in [5.41, 5.74) is 0. The molecule has 26 heavy (non-hydrogen) atoms.